The van der Waals surface area contributed by atoms with Gasteiger partial charge in [-0.15, -0.1) is 0 Å². The molecule has 1 fully saturated rings. The van der Waals surface area contributed by atoms with Crippen molar-refractivity contribution in [2.45, 2.75) is 246 Å². The van der Waals surface area contributed by atoms with Crippen molar-refractivity contribution in [2.75, 3.05) is 52.7 Å². The molecule has 0 amide bonds. The highest BCUT2D eigenvalue weighted by Crippen LogP contribution is 2.23. The van der Waals surface area contributed by atoms with Gasteiger partial charge in [0.05, 0.1) is 32.5 Å². The number of nitrogens with zero attached hydrogens (tertiary/aromatic N) is 1. The summed E-state index contributed by atoms with van der Waals surface area (Å²) in [6, 6.07) is 0. The number of unbranched alkanes of at least 4 members (excludes halogenated alkanes) is 18. The van der Waals surface area contributed by atoms with E-state index in [4.69, 9.17) is 18.9 Å². The fraction of sp³-hybridized carbons (Fsp3) is 0.960. The standard InChI is InChI=1S/C50H97NO6/c1-5-9-21-30-46(31-22-10-6-2)44-49(52)56-39-27-19-15-13-14-17-25-34-48(55-41-29-36-51-37-42-54-43-38-51)35-26-18-16-20-28-40-57-50(53)45-47(32-23-11-7-3)33-24-12-8-4/h46-48H,5-45H2,1-4H3. The Morgan fingerprint density at radius 2 is 0.825 bits per heavy atom. The van der Waals surface area contributed by atoms with E-state index in [-0.39, 0.29) is 11.9 Å². The quantitative estimate of drug-likeness (QED) is 0.0449. The highest BCUT2D eigenvalue weighted by atomic mass is 16.5. The lowest BCUT2D eigenvalue weighted by molar-refractivity contribution is -0.146. The summed E-state index contributed by atoms with van der Waals surface area (Å²) in [5.41, 5.74) is 0. The van der Waals surface area contributed by atoms with E-state index in [9.17, 15) is 9.59 Å². The van der Waals surface area contributed by atoms with Gasteiger partial charge in [-0.25, -0.2) is 0 Å². The summed E-state index contributed by atoms with van der Waals surface area (Å²) >= 11 is 0. The van der Waals surface area contributed by atoms with Gasteiger partial charge in [0.15, 0.2) is 0 Å². The fourth-order valence-corrected chi connectivity index (χ4v) is 8.43. The monoisotopic (exact) mass is 808 g/mol. The fourth-order valence-electron chi connectivity index (χ4n) is 8.43. The largest absolute Gasteiger partial charge is 0.466 e. The Hall–Kier alpha value is -1.18. The number of esters is 2. The average molecular weight is 808 g/mol. The molecule has 0 aromatic rings. The second kappa shape index (κ2) is 41.5. The van der Waals surface area contributed by atoms with E-state index in [0.717, 1.165) is 78.0 Å². The normalized spacial score (nSPS) is 14.1. The number of hydrogen-bond donors (Lipinski definition) is 0. The van der Waals surface area contributed by atoms with E-state index in [1.165, 1.54) is 161 Å². The van der Waals surface area contributed by atoms with E-state index >= 15 is 0 Å². The van der Waals surface area contributed by atoms with Crippen LogP contribution in [-0.4, -0.2) is 75.6 Å². The maximum absolute atomic E-state index is 12.6. The van der Waals surface area contributed by atoms with Crippen molar-refractivity contribution in [3.05, 3.63) is 0 Å². The van der Waals surface area contributed by atoms with Gasteiger partial charge in [0, 0.05) is 39.1 Å². The zero-order chi connectivity index (χ0) is 41.3. The van der Waals surface area contributed by atoms with Gasteiger partial charge in [-0.2, -0.15) is 0 Å². The second-order valence-electron chi connectivity index (χ2n) is 17.7. The Balaban J connectivity index is 2.24. The first-order valence-corrected chi connectivity index (χ1v) is 25.2. The second-order valence-corrected chi connectivity index (χ2v) is 17.7. The van der Waals surface area contributed by atoms with Crippen LogP contribution in [0.5, 0.6) is 0 Å². The molecule has 1 saturated heterocycles. The summed E-state index contributed by atoms with van der Waals surface area (Å²) < 4.78 is 23.4. The Morgan fingerprint density at radius 1 is 0.456 bits per heavy atom. The molecule has 7 nitrogen and oxygen atoms in total. The van der Waals surface area contributed by atoms with Crippen LogP contribution in [0.25, 0.3) is 0 Å². The molecule has 0 radical (unpaired) electrons. The molecule has 57 heavy (non-hydrogen) atoms. The average Bonchev–Trinajstić information content (AvgIpc) is 3.21. The maximum Gasteiger partial charge on any atom is 0.306 e. The van der Waals surface area contributed by atoms with Gasteiger partial charge in [-0.3, -0.25) is 14.5 Å². The van der Waals surface area contributed by atoms with Crippen molar-refractivity contribution in [1.29, 1.82) is 0 Å². The molecule has 0 saturated carbocycles. The van der Waals surface area contributed by atoms with Crippen LogP contribution >= 0.6 is 0 Å². The van der Waals surface area contributed by atoms with Gasteiger partial charge >= 0.3 is 11.9 Å². The minimum atomic E-state index is 0.0222. The third kappa shape index (κ3) is 35.3. The zero-order valence-electron chi connectivity index (χ0n) is 38.6. The van der Waals surface area contributed by atoms with E-state index in [1.807, 2.05) is 0 Å². The van der Waals surface area contributed by atoms with Crippen molar-refractivity contribution < 1.29 is 28.5 Å². The van der Waals surface area contributed by atoms with Crippen LogP contribution in [0.15, 0.2) is 0 Å². The Morgan fingerprint density at radius 3 is 1.23 bits per heavy atom. The molecular formula is C50H97NO6. The van der Waals surface area contributed by atoms with Gasteiger partial charge in [0.25, 0.3) is 0 Å². The van der Waals surface area contributed by atoms with Crippen molar-refractivity contribution in [1.82, 2.24) is 4.90 Å². The minimum Gasteiger partial charge on any atom is -0.466 e. The first-order chi connectivity index (χ1) is 28.0. The van der Waals surface area contributed by atoms with Gasteiger partial charge < -0.3 is 18.9 Å². The molecule has 1 heterocycles. The summed E-state index contributed by atoms with van der Waals surface area (Å²) in [6.07, 6.45) is 38.9. The first kappa shape index (κ1) is 53.8. The lowest BCUT2D eigenvalue weighted by Gasteiger charge is -2.26. The van der Waals surface area contributed by atoms with Crippen molar-refractivity contribution in [3.8, 4) is 0 Å². The summed E-state index contributed by atoms with van der Waals surface area (Å²) in [7, 11) is 0. The molecule has 1 aliphatic rings. The number of rotatable bonds is 43. The Bertz CT molecular complexity index is 844. The summed E-state index contributed by atoms with van der Waals surface area (Å²) in [4.78, 5) is 27.6. The predicted octanol–water partition coefficient (Wildman–Crippen LogP) is 14.0. The summed E-state index contributed by atoms with van der Waals surface area (Å²) in [6.45, 7) is 15.9. The molecule has 1 rings (SSSR count). The molecule has 1 aliphatic heterocycles. The lowest BCUT2D eigenvalue weighted by atomic mass is 9.92. The molecule has 0 N–H and O–H groups in total. The van der Waals surface area contributed by atoms with E-state index in [2.05, 4.69) is 32.6 Å². The first-order valence-electron chi connectivity index (χ1n) is 25.2. The van der Waals surface area contributed by atoms with Crippen LogP contribution in [0.1, 0.15) is 240 Å². The van der Waals surface area contributed by atoms with Crippen molar-refractivity contribution in [3.63, 3.8) is 0 Å². The lowest BCUT2D eigenvalue weighted by Crippen LogP contribution is -2.37. The molecule has 0 aromatic heterocycles. The van der Waals surface area contributed by atoms with Gasteiger partial charge in [0.1, 0.15) is 0 Å². The molecule has 338 valence electrons. The SMILES string of the molecule is CCCCCC(CCCCC)CC(=O)OCCCCCCCCCC(CCCCCCCOC(=O)CC(CCCCC)CCCCC)OCCCN1CCOCC1. The van der Waals surface area contributed by atoms with E-state index in [0.29, 0.717) is 44.0 Å². The van der Waals surface area contributed by atoms with Gasteiger partial charge in [-0.05, 0) is 69.6 Å². The smallest absolute Gasteiger partial charge is 0.306 e. The molecule has 0 aromatic carbocycles. The molecule has 1 atom stereocenters. The van der Waals surface area contributed by atoms with Crippen LogP contribution in [0.4, 0.5) is 0 Å². The number of carbonyl (C=O) groups is 2. The molecule has 0 bridgehead atoms. The molecule has 1 unspecified atom stereocenters. The molecular weight excluding hydrogens is 711 g/mol. The molecule has 0 spiro atoms. The van der Waals surface area contributed by atoms with Crippen LogP contribution in [0, 0.1) is 11.8 Å². The number of morpholine rings is 1. The van der Waals surface area contributed by atoms with Crippen molar-refractivity contribution >= 4 is 11.9 Å². The minimum absolute atomic E-state index is 0.0222. The summed E-state index contributed by atoms with van der Waals surface area (Å²) in [5, 5.41) is 0. The van der Waals surface area contributed by atoms with Crippen LogP contribution in [-0.2, 0) is 28.5 Å². The third-order valence-corrected chi connectivity index (χ3v) is 12.2. The van der Waals surface area contributed by atoms with Gasteiger partial charge in [-0.1, -0.05) is 169 Å². The Kier molecular flexibility index (Phi) is 39.2. The third-order valence-electron chi connectivity index (χ3n) is 12.2. The number of carbonyl (C=O) groups excluding carboxylic acids is 2. The van der Waals surface area contributed by atoms with Crippen LogP contribution in [0.2, 0.25) is 0 Å². The van der Waals surface area contributed by atoms with Crippen LogP contribution in [0.3, 0.4) is 0 Å². The zero-order valence-corrected chi connectivity index (χ0v) is 38.6. The highest BCUT2D eigenvalue weighted by molar-refractivity contribution is 5.70. The topological polar surface area (TPSA) is 74.3 Å². The van der Waals surface area contributed by atoms with E-state index < -0.39 is 0 Å². The molecule has 7 heteroatoms. The number of hydrogen-bond acceptors (Lipinski definition) is 7. The maximum atomic E-state index is 12.6. The van der Waals surface area contributed by atoms with E-state index in [1.54, 1.807) is 0 Å². The Labute approximate surface area is 354 Å². The predicted molar refractivity (Wildman–Crippen MR) is 241 cm³/mol. The molecule has 0 aliphatic carbocycles. The highest BCUT2D eigenvalue weighted by Gasteiger charge is 2.17. The van der Waals surface area contributed by atoms with Crippen molar-refractivity contribution in [2.24, 2.45) is 11.8 Å². The van der Waals surface area contributed by atoms with Crippen LogP contribution < -0.4 is 0 Å². The number of ether oxygens (including phenoxy) is 4. The summed E-state index contributed by atoms with van der Waals surface area (Å²) in [5.74, 6) is 1.06. The van der Waals surface area contributed by atoms with Gasteiger partial charge in [0.2, 0.25) is 0 Å².